The average molecular weight is 297 g/mol. The van der Waals surface area contributed by atoms with E-state index in [1.165, 1.54) is 32.2 Å². The monoisotopic (exact) mass is 297 g/mol. The van der Waals surface area contributed by atoms with Gasteiger partial charge in [-0.05, 0) is 51.2 Å². The normalized spacial score (nSPS) is 24.4. The molecule has 0 unspecified atom stereocenters. The molecule has 0 aliphatic carbocycles. The zero-order valence-corrected chi connectivity index (χ0v) is 13.7. The molecule has 1 amide bonds. The van der Waals surface area contributed by atoms with Crippen LogP contribution in [0.15, 0.2) is 0 Å². The fourth-order valence-corrected chi connectivity index (χ4v) is 3.47. The highest BCUT2D eigenvalue weighted by Crippen LogP contribution is 2.17. The first-order valence-corrected chi connectivity index (χ1v) is 8.36. The summed E-state index contributed by atoms with van der Waals surface area (Å²) in [6.45, 7) is 7.78. The zero-order valence-electron chi connectivity index (χ0n) is 13.7. The number of hydrogen-bond donors (Lipinski definition) is 0. The van der Waals surface area contributed by atoms with Crippen LogP contribution in [0.25, 0.3) is 0 Å². The minimum absolute atomic E-state index is 0.283. The Kier molecular flexibility index (Phi) is 6.93. The van der Waals surface area contributed by atoms with Crippen molar-refractivity contribution in [2.24, 2.45) is 5.92 Å². The third kappa shape index (κ3) is 5.57. The number of carbonyl (C=O) groups excluding carboxylic acids is 1. The molecule has 2 fully saturated rings. The fourth-order valence-electron chi connectivity index (χ4n) is 3.47. The Hall–Kier alpha value is -0.650. The lowest BCUT2D eigenvalue weighted by atomic mass is 9.97. The van der Waals surface area contributed by atoms with Gasteiger partial charge >= 0.3 is 0 Å². The van der Waals surface area contributed by atoms with E-state index in [0.717, 1.165) is 39.3 Å². The lowest BCUT2D eigenvalue weighted by Gasteiger charge is -2.34. The minimum Gasteiger partial charge on any atom is -0.383 e. The largest absolute Gasteiger partial charge is 0.383 e. The van der Waals surface area contributed by atoms with Crippen LogP contribution < -0.4 is 0 Å². The Morgan fingerprint density at radius 1 is 1.19 bits per heavy atom. The summed E-state index contributed by atoms with van der Waals surface area (Å²) in [4.78, 5) is 19.0. The van der Waals surface area contributed by atoms with Crippen molar-refractivity contribution in [1.82, 2.24) is 14.7 Å². The standard InChI is InChI=1S/C16H31N3O2/c1-17(16(20)14-18-7-3-4-8-18)12-15-6-5-9-19(13-15)10-11-21-2/h15H,3-14H2,1-2H3/t15-/m0/s1. The molecule has 0 radical (unpaired) electrons. The van der Waals surface area contributed by atoms with E-state index in [1.54, 1.807) is 7.11 Å². The number of carbonyl (C=O) groups is 1. The van der Waals surface area contributed by atoms with Crippen molar-refractivity contribution >= 4 is 5.91 Å². The van der Waals surface area contributed by atoms with E-state index < -0.39 is 0 Å². The molecule has 2 aliphatic heterocycles. The average Bonchev–Trinajstić information content (AvgIpc) is 2.98. The van der Waals surface area contributed by atoms with Crippen LogP contribution in [0.2, 0.25) is 0 Å². The molecule has 122 valence electrons. The van der Waals surface area contributed by atoms with Gasteiger partial charge in [-0.25, -0.2) is 0 Å². The summed E-state index contributed by atoms with van der Waals surface area (Å²) in [5, 5.41) is 0. The molecule has 0 spiro atoms. The van der Waals surface area contributed by atoms with Crippen molar-refractivity contribution in [3.63, 3.8) is 0 Å². The number of nitrogens with zero attached hydrogens (tertiary/aromatic N) is 3. The van der Waals surface area contributed by atoms with Gasteiger partial charge in [0.2, 0.25) is 5.91 Å². The topological polar surface area (TPSA) is 36.0 Å². The number of ether oxygens (including phenoxy) is 1. The SMILES string of the molecule is COCCN1CCC[C@@H](CN(C)C(=O)CN2CCCC2)C1. The van der Waals surface area contributed by atoms with Gasteiger partial charge in [0.15, 0.2) is 0 Å². The van der Waals surface area contributed by atoms with Gasteiger partial charge in [-0.15, -0.1) is 0 Å². The van der Waals surface area contributed by atoms with E-state index in [9.17, 15) is 4.79 Å². The van der Waals surface area contributed by atoms with Crippen molar-refractivity contribution in [1.29, 1.82) is 0 Å². The number of methoxy groups -OCH3 is 1. The van der Waals surface area contributed by atoms with Crippen molar-refractivity contribution in [2.75, 3.05) is 66.6 Å². The van der Waals surface area contributed by atoms with Gasteiger partial charge < -0.3 is 14.5 Å². The van der Waals surface area contributed by atoms with Gasteiger partial charge in [-0.3, -0.25) is 9.69 Å². The van der Waals surface area contributed by atoms with Gasteiger partial charge in [0.25, 0.3) is 0 Å². The van der Waals surface area contributed by atoms with Crippen molar-refractivity contribution in [2.45, 2.75) is 25.7 Å². The molecule has 0 aromatic rings. The summed E-state index contributed by atoms with van der Waals surface area (Å²) < 4.78 is 5.16. The van der Waals surface area contributed by atoms with Crippen LogP contribution >= 0.6 is 0 Å². The fraction of sp³-hybridized carbons (Fsp3) is 0.938. The quantitative estimate of drug-likeness (QED) is 0.699. The summed E-state index contributed by atoms with van der Waals surface area (Å²) in [6, 6.07) is 0. The molecular formula is C16H31N3O2. The lowest BCUT2D eigenvalue weighted by Crippen LogP contribution is -2.44. The third-order valence-corrected chi connectivity index (χ3v) is 4.73. The maximum Gasteiger partial charge on any atom is 0.236 e. The number of amides is 1. The van der Waals surface area contributed by atoms with Crippen LogP contribution in [0.3, 0.4) is 0 Å². The molecule has 0 N–H and O–H groups in total. The second-order valence-electron chi connectivity index (χ2n) is 6.56. The van der Waals surface area contributed by atoms with Crippen LogP contribution in [-0.4, -0.2) is 87.2 Å². The highest BCUT2D eigenvalue weighted by Gasteiger charge is 2.23. The lowest BCUT2D eigenvalue weighted by molar-refractivity contribution is -0.131. The Morgan fingerprint density at radius 2 is 1.90 bits per heavy atom. The second-order valence-corrected chi connectivity index (χ2v) is 6.56. The molecule has 1 atom stereocenters. The van der Waals surface area contributed by atoms with Crippen LogP contribution in [0, 0.1) is 5.92 Å². The molecule has 5 heteroatoms. The molecular weight excluding hydrogens is 266 g/mol. The predicted octanol–water partition coefficient (Wildman–Crippen LogP) is 0.899. The Bertz CT molecular complexity index is 319. The number of hydrogen-bond acceptors (Lipinski definition) is 4. The Labute approximate surface area is 129 Å². The van der Waals surface area contributed by atoms with Gasteiger partial charge in [0.05, 0.1) is 13.2 Å². The summed E-state index contributed by atoms with van der Waals surface area (Å²) in [6.07, 6.45) is 4.97. The molecule has 2 saturated heterocycles. The molecule has 2 aliphatic rings. The van der Waals surface area contributed by atoms with Gasteiger partial charge in [-0.2, -0.15) is 0 Å². The third-order valence-electron chi connectivity index (χ3n) is 4.73. The smallest absolute Gasteiger partial charge is 0.236 e. The summed E-state index contributed by atoms with van der Waals surface area (Å²) in [5.74, 6) is 0.897. The van der Waals surface area contributed by atoms with Crippen molar-refractivity contribution in [3.8, 4) is 0 Å². The van der Waals surface area contributed by atoms with Crippen molar-refractivity contribution in [3.05, 3.63) is 0 Å². The van der Waals surface area contributed by atoms with Gasteiger partial charge in [-0.1, -0.05) is 0 Å². The maximum atomic E-state index is 12.3. The first-order chi connectivity index (χ1) is 10.2. The molecule has 5 nitrogen and oxygen atoms in total. The number of piperidine rings is 1. The first-order valence-electron chi connectivity index (χ1n) is 8.36. The van der Waals surface area contributed by atoms with Gasteiger partial charge in [0.1, 0.15) is 0 Å². The molecule has 0 bridgehead atoms. The van der Waals surface area contributed by atoms with Crippen LogP contribution in [0.1, 0.15) is 25.7 Å². The van der Waals surface area contributed by atoms with Crippen LogP contribution in [-0.2, 0) is 9.53 Å². The predicted molar refractivity (Wildman–Crippen MR) is 84.4 cm³/mol. The van der Waals surface area contributed by atoms with Crippen molar-refractivity contribution < 1.29 is 9.53 Å². The maximum absolute atomic E-state index is 12.3. The molecule has 21 heavy (non-hydrogen) atoms. The van der Waals surface area contributed by atoms with Gasteiger partial charge in [0, 0.05) is 33.8 Å². The summed E-state index contributed by atoms with van der Waals surface area (Å²) >= 11 is 0. The second kappa shape index (κ2) is 8.71. The first kappa shape index (κ1) is 16.7. The van der Waals surface area contributed by atoms with E-state index in [4.69, 9.17) is 4.74 Å². The molecule has 0 aromatic heterocycles. The molecule has 0 saturated carbocycles. The highest BCUT2D eigenvalue weighted by atomic mass is 16.5. The summed E-state index contributed by atoms with van der Waals surface area (Å²) in [7, 11) is 3.72. The van der Waals surface area contributed by atoms with E-state index in [1.807, 2.05) is 11.9 Å². The Balaban J connectivity index is 1.70. The minimum atomic E-state index is 0.283. The number of likely N-dealkylation sites (N-methyl/N-ethyl adjacent to an activating group) is 1. The zero-order chi connectivity index (χ0) is 15.1. The molecule has 2 rings (SSSR count). The number of rotatable bonds is 7. The molecule has 2 heterocycles. The van der Waals surface area contributed by atoms with E-state index in [0.29, 0.717) is 12.5 Å². The number of likely N-dealkylation sites (tertiary alicyclic amines) is 2. The van der Waals surface area contributed by atoms with Crippen LogP contribution in [0.5, 0.6) is 0 Å². The van der Waals surface area contributed by atoms with Crippen LogP contribution in [0.4, 0.5) is 0 Å². The molecule has 0 aromatic carbocycles. The van der Waals surface area contributed by atoms with E-state index in [2.05, 4.69) is 9.80 Å². The highest BCUT2D eigenvalue weighted by molar-refractivity contribution is 5.78. The van der Waals surface area contributed by atoms with E-state index >= 15 is 0 Å². The Morgan fingerprint density at radius 3 is 2.62 bits per heavy atom. The van der Waals surface area contributed by atoms with E-state index in [-0.39, 0.29) is 5.91 Å². The summed E-state index contributed by atoms with van der Waals surface area (Å²) in [5.41, 5.74) is 0.